The van der Waals surface area contributed by atoms with Crippen LogP contribution in [0.3, 0.4) is 0 Å². The molecule has 1 rings (SSSR count). The van der Waals surface area contributed by atoms with Crippen LogP contribution in [-0.4, -0.2) is 17.8 Å². The lowest BCUT2D eigenvalue weighted by molar-refractivity contribution is -0.0114. The highest BCUT2D eigenvalue weighted by atomic mass is 16.3. The molecule has 0 spiro atoms. The Bertz CT molecular complexity index is 213. The maximum atomic E-state index is 10.4. The van der Waals surface area contributed by atoms with E-state index in [1.54, 1.807) is 0 Å². The number of rotatable bonds is 4. The Balaban J connectivity index is 2.70. The van der Waals surface area contributed by atoms with E-state index in [4.69, 9.17) is 5.73 Å². The molecule has 15 heavy (non-hydrogen) atoms. The Morgan fingerprint density at radius 2 is 1.93 bits per heavy atom. The molecule has 1 saturated carbocycles. The summed E-state index contributed by atoms with van der Waals surface area (Å²) >= 11 is 0. The van der Waals surface area contributed by atoms with Crippen LogP contribution in [0.15, 0.2) is 0 Å². The second kappa shape index (κ2) is 4.42. The number of aliphatic hydroxyl groups excluding tert-OH is 1. The summed E-state index contributed by atoms with van der Waals surface area (Å²) in [4.78, 5) is 0. The van der Waals surface area contributed by atoms with Gasteiger partial charge in [0.2, 0.25) is 0 Å². The van der Waals surface area contributed by atoms with Crippen molar-refractivity contribution in [2.24, 2.45) is 22.5 Å². The van der Waals surface area contributed by atoms with Crippen molar-refractivity contribution < 1.29 is 5.11 Å². The molecule has 0 bridgehead atoms. The molecule has 0 aromatic carbocycles. The van der Waals surface area contributed by atoms with Gasteiger partial charge in [-0.15, -0.1) is 0 Å². The average Bonchev–Trinajstić information content (AvgIpc) is 2.39. The predicted molar refractivity (Wildman–Crippen MR) is 64.6 cm³/mol. The van der Waals surface area contributed by atoms with Gasteiger partial charge < -0.3 is 10.8 Å². The monoisotopic (exact) mass is 213 g/mol. The standard InChI is InChI=1S/C13H27NO/c1-10(2)5-6-13(9-14)8-7-12(3,4)11(13)15/h10-11,15H,5-9,14H2,1-4H3. The highest BCUT2D eigenvalue weighted by Crippen LogP contribution is 2.51. The summed E-state index contributed by atoms with van der Waals surface area (Å²) < 4.78 is 0. The number of hydrogen-bond donors (Lipinski definition) is 2. The van der Waals surface area contributed by atoms with Gasteiger partial charge in [0.15, 0.2) is 0 Å². The molecule has 3 N–H and O–H groups in total. The first kappa shape index (κ1) is 13.0. The minimum Gasteiger partial charge on any atom is -0.392 e. The van der Waals surface area contributed by atoms with Crippen molar-refractivity contribution in [1.82, 2.24) is 0 Å². The average molecular weight is 213 g/mol. The third-order valence-corrected chi connectivity index (χ3v) is 4.21. The predicted octanol–water partition coefficient (Wildman–Crippen LogP) is 2.55. The molecular weight excluding hydrogens is 186 g/mol. The van der Waals surface area contributed by atoms with Crippen molar-refractivity contribution in [3.8, 4) is 0 Å². The molecule has 2 heteroatoms. The van der Waals surface area contributed by atoms with E-state index in [0.717, 1.165) is 19.3 Å². The zero-order valence-corrected chi connectivity index (χ0v) is 10.7. The van der Waals surface area contributed by atoms with E-state index in [-0.39, 0.29) is 16.9 Å². The molecule has 0 aromatic heterocycles. The zero-order valence-electron chi connectivity index (χ0n) is 10.7. The Hall–Kier alpha value is -0.0800. The minimum atomic E-state index is -0.228. The Morgan fingerprint density at radius 1 is 1.33 bits per heavy atom. The quantitative estimate of drug-likeness (QED) is 0.754. The number of hydrogen-bond acceptors (Lipinski definition) is 2. The lowest BCUT2D eigenvalue weighted by Gasteiger charge is -2.36. The first-order valence-electron chi connectivity index (χ1n) is 6.22. The zero-order chi connectivity index (χ0) is 11.7. The van der Waals surface area contributed by atoms with Crippen molar-refractivity contribution >= 4 is 0 Å². The second-order valence-corrected chi connectivity index (χ2v) is 6.39. The molecule has 0 saturated heterocycles. The summed E-state index contributed by atoms with van der Waals surface area (Å²) in [5.41, 5.74) is 5.95. The highest BCUT2D eigenvalue weighted by molar-refractivity contribution is 5.01. The fraction of sp³-hybridized carbons (Fsp3) is 1.00. The molecule has 90 valence electrons. The van der Waals surface area contributed by atoms with E-state index in [0.29, 0.717) is 12.5 Å². The van der Waals surface area contributed by atoms with Gasteiger partial charge in [0.1, 0.15) is 0 Å². The van der Waals surface area contributed by atoms with Gasteiger partial charge >= 0.3 is 0 Å². The number of nitrogens with two attached hydrogens (primary N) is 1. The van der Waals surface area contributed by atoms with E-state index in [2.05, 4.69) is 27.7 Å². The SMILES string of the molecule is CC(C)CCC1(CN)CCC(C)(C)C1O. The third kappa shape index (κ3) is 2.54. The van der Waals surface area contributed by atoms with Crippen molar-refractivity contribution in [1.29, 1.82) is 0 Å². The lowest BCUT2D eigenvalue weighted by Crippen LogP contribution is -2.42. The van der Waals surface area contributed by atoms with E-state index < -0.39 is 0 Å². The first-order valence-corrected chi connectivity index (χ1v) is 6.22. The van der Waals surface area contributed by atoms with E-state index >= 15 is 0 Å². The number of aliphatic hydroxyl groups is 1. The van der Waals surface area contributed by atoms with Crippen molar-refractivity contribution in [3.63, 3.8) is 0 Å². The Kier molecular flexibility index (Phi) is 3.83. The maximum absolute atomic E-state index is 10.4. The summed E-state index contributed by atoms with van der Waals surface area (Å²) in [6.07, 6.45) is 4.21. The normalized spacial score (nSPS) is 35.0. The third-order valence-electron chi connectivity index (χ3n) is 4.21. The van der Waals surface area contributed by atoms with Crippen LogP contribution in [0.5, 0.6) is 0 Å². The molecule has 2 unspecified atom stereocenters. The molecule has 0 aliphatic heterocycles. The summed E-state index contributed by atoms with van der Waals surface area (Å²) in [6, 6.07) is 0. The van der Waals surface area contributed by atoms with Gasteiger partial charge in [-0.2, -0.15) is 0 Å². The topological polar surface area (TPSA) is 46.2 Å². The molecule has 0 amide bonds. The van der Waals surface area contributed by atoms with Crippen molar-refractivity contribution in [2.45, 2.75) is 59.5 Å². The Labute approximate surface area is 94.2 Å². The van der Waals surface area contributed by atoms with Crippen LogP contribution in [0.4, 0.5) is 0 Å². The highest BCUT2D eigenvalue weighted by Gasteiger charge is 2.50. The van der Waals surface area contributed by atoms with E-state index in [1.807, 2.05) is 0 Å². The van der Waals surface area contributed by atoms with Gasteiger partial charge in [-0.25, -0.2) is 0 Å². The Morgan fingerprint density at radius 3 is 2.27 bits per heavy atom. The molecule has 0 radical (unpaired) electrons. The van der Waals surface area contributed by atoms with E-state index in [1.165, 1.54) is 6.42 Å². The van der Waals surface area contributed by atoms with Crippen LogP contribution in [0.2, 0.25) is 0 Å². The van der Waals surface area contributed by atoms with Crippen molar-refractivity contribution in [2.75, 3.05) is 6.54 Å². The van der Waals surface area contributed by atoms with Gasteiger partial charge in [0.25, 0.3) is 0 Å². The summed E-state index contributed by atoms with van der Waals surface area (Å²) in [5.74, 6) is 0.698. The van der Waals surface area contributed by atoms with Crippen LogP contribution in [0, 0.1) is 16.7 Å². The maximum Gasteiger partial charge on any atom is 0.0659 e. The van der Waals surface area contributed by atoms with E-state index in [9.17, 15) is 5.11 Å². The fourth-order valence-corrected chi connectivity index (χ4v) is 2.83. The molecular formula is C13H27NO. The molecule has 2 atom stereocenters. The summed E-state index contributed by atoms with van der Waals surface area (Å²) in [5, 5.41) is 10.4. The van der Waals surface area contributed by atoms with Gasteiger partial charge in [0, 0.05) is 12.0 Å². The molecule has 1 aliphatic carbocycles. The first-order chi connectivity index (χ1) is 6.84. The smallest absolute Gasteiger partial charge is 0.0659 e. The molecule has 0 aromatic rings. The van der Waals surface area contributed by atoms with Gasteiger partial charge in [-0.3, -0.25) is 0 Å². The van der Waals surface area contributed by atoms with Crippen molar-refractivity contribution in [3.05, 3.63) is 0 Å². The van der Waals surface area contributed by atoms with Crippen LogP contribution < -0.4 is 5.73 Å². The van der Waals surface area contributed by atoms with Crippen LogP contribution in [-0.2, 0) is 0 Å². The fourth-order valence-electron chi connectivity index (χ4n) is 2.83. The van der Waals surface area contributed by atoms with Gasteiger partial charge in [0.05, 0.1) is 6.10 Å². The molecule has 1 fully saturated rings. The molecule has 2 nitrogen and oxygen atoms in total. The van der Waals surface area contributed by atoms with Crippen LogP contribution in [0.1, 0.15) is 53.4 Å². The molecule has 0 heterocycles. The summed E-state index contributed by atoms with van der Waals surface area (Å²) in [7, 11) is 0. The molecule has 1 aliphatic rings. The van der Waals surface area contributed by atoms with Gasteiger partial charge in [-0.1, -0.05) is 34.1 Å². The van der Waals surface area contributed by atoms with Crippen LogP contribution in [0.25, 0.3) is 0 Å². The van der Waals surface area contributed by atoms with Crippen LogP contribution >= 0.6 is 0 Å². The lowest BCUT2D eigenvalue weighted by atomic mass is 9.74. The second-order valence-electron chi connectivity index (χ2n) is 6.39. The van der Waals surface area contributed by atoms with Gasteiger partial charge in [-0.05, 0) is 30.6 Å². The minimum absolute atomic E-state index is 0.00618. The largest absolute Gasteiger partial charge is 0.392 e. The summed E-state index contributed by atoms with van der Waals surface area (Å²) in [6.45, 7) is 9.41.